The van der Waals surface area contributed by atoms with Crippen LogP contribution in [0.3, 0.4) is 0 Å². The molecule has 0 fully saturated rings. The highest BCUT2D eigenvalue weighted by molar-refractivity contribution is 6.10. The molecular formula is C61H45N. The van der Waals surface area contributed by atoms with Crippen molar-refractivity contribution < 1.29 is 0 Å². The van der Waals surface area contributed by atoms with E-state index < -0.39 is 5.41 Å². The van der Waals surface area contributed by atoms with Gasteiger partial charge in [0.2, 0.25) is 0 Å². The minimum atomic E-state index is -0.551. The molecule has 0 unspecified atom stereocenters. The van der Waals surface area contributed by atoms with Gasteiger partial charge in [0.25, 0.3) is 0 Å². The normalized spacial score (nSPS) is 14.4. The van der Waals surface area contributed by atoms with Crippen LogP contribution in [0.4, 0.5) is 0 Å². The Bertz CT molecular complexity index is 3290. The zero-order chi connectivity index (χ0) is 41.4. The number of hydrogen-bond donors (Lipinski definition) is 0. The molecule has 0 N–H and O–H groups in total. The second-order valence-electron chi connectivity index (χ2n) is 17.6. The lowest BCUT2D eigenvalue weighted by Crippen LogP contribution is -2.28. The molecule has 1 nitrogen and oxygen atoms in total. The van der Waals surface area contributed by atoms with Gasteiger partial charge in [0.1, 0.15) is 0 Å². The van der Waals surface area contributed by atoms with Gasteiger partial charge >= 0.3 is 0 Å². The zero-order valence-electron chi connectivity index (χ0n) is 35.0. The number of nitrogens with zero attached hydrogens (tertiary/aromatic N) is 1. The molecule has 0 saturated carbocycles. The molecule has 0 saturated heterocycles. The highest BCUT2D eigenvalue weighted by Gasteiger charge is 2.47. The van der Waals surface area contributed by atoms with Crippen LogP contribution in [-0.4, -0.2) is 4.57 Å². The standard InChI is InChI=1S/C61H45N/c1-60(2)52-28-15-12-25-47(52)48-36-34-43(40-54(48)60)44(37-41-19-6-3-7-20-41)38-42-33-35-51-55(39-42)61(45-21-8-4-9-22-45,46-23-10-5-11-24-46)53-29-18-32-58(59(51)53)62-56-30-16-13-26-49(56)50-27-14-17-31-57(50)62/h3-37,39-40H,38H2,1-2H3/b44-37-. The molecule has 0 atom stereocenters. The summed E-state index contributed by atoms with van der Waals surface area (Å²) >= 11 is 0. The van der Waals surface area contributed by atoms with Gasteiger partial charge in [-0.3, -0.25) is 0 Å². The Morgan fingerprint density at radius 2 is 1.02 bits per heavy atom. The SMILES string of the molecule is CC1(C)c2ccccc2-c2ccc(/C(=C\c3ccccc3)Cc3ccc4c(c3)C(c3ccccc3)(c3ccccc3)c3cccc(-n5c6ccccc6c6ccccc65)c3-4)cc21. The number of para-hydroxylation sites is 2. The monoisotopic (exact) mass is 791 g/mol. The maximum atomic E-state index is 2.54. The minimum absolute atomic E-state index is 0.0851. The van der Waals surface area contributed by atoms with Gasteiger partial charge in [-0.25, -0.2) is 0 Å². The van der Waals surface area contributed by atoms with Crippen LogP contribution in [0.2, 0.25) is 0 Å². The molecule has 1 heteroatoms. The topological polar surface area (TPSA) is 4.93 Å². The van der Waals surface area contributed by atoms with Crippen LogP contribution < -0.4 is 0 Å². The molecule has 1 heterocycles. The zero-order valence-corrected chi connectivity index (χ0v) is 35.0. The van der Waals surface area contributed by atoms with E-state index in [-0.39, 0.29) is 5.41 Å². The Labute approximate surface area is 363 Å². The first-order chi connectivity index (χ1) is 30.5. The van der Waals surface area contributed by atoms with Crippen LogP contribution in [-0.2, 0) is 17.3 Å². The van der Waals surface area contributed by atoms with Crippen molar-refractivity contribution in [3.63, 3.8) is 0 Å². The van der Waals surface area contributed by atoms with Gasteiger partial charge in [-0.05, 0) is 103 Å². The highest BCUT2D eigenvalue weighted by atomic mass is 15.0. The smallest absolute Gasteiger partial charge is 0.0714 e. The van der Waals surface area contributed by atoms with Crippen molar-refractivity contribution in [3.05, 3.63) is 268 Å². The Morgan fingerprint density at radius 3 is 1.71 bits per heavy atom. The summed E-state index contributed by atoms with van der Waals surface area (Å²) in [5.41, 5.74) is 21.3. The Balaban J connectivity index is 1.09. The molecule has 2 aliphatic carbocycles. The molecule has 2 aliphatic rings. The Morgan fingerprint density at radius 1 is 0.452 bits per heavy atom. The first kappa shape index (κ1) is 36.4. The third kappa shape index (κ3) is 5.34. The molecule has 0 bridgehead atoms. The first-order valence-electron chi connectivity index (χ1n) is 21.9. The van der Waals surface area contributed by atoms with Gasteiger partial charge < -0.3 is 4.57 Å². The van der Waals surface area contributed by atoms with E-state index in [2.05, 4.69) is 243 Å². The van der Waals surface area contributed by atoms with Crippen LogP contribution in [0.15, 0.2) is 218 Å². The first-order valence-corrected chi connectivity index (χ1v) is 21.9. The lowest BCUT2D eigenvalue weighted by Gasteiger charge is -2.34. The van der Waals surface area contributed by atoms with Crippen molar-refractivity contribution >= 4 is 33.5 Å². The molecular weight excluding hydrogens is 747 g/mol. The number of allylic oxidation sites excluding steroid dienone is 1. The predicted octanol–water partition coefficient (Wildman–Crippen LogP) is 15.2. The van der Waals surface area contributed by atoms with Crippen molar-refractivity contribution in [2.75, 3.05) is 0 Å². The molecule has 294 valence electrons. The number of aromatic nitrogens is 1. The molecule has 62 heavy (non-hydrogen) atoms. The van der Waals surface area contributed by atoms with Gasteiger partial charge in [0.15, 0.2) is 0 Å². The van der Waals surface area contributed by atoms with Gasteiger partial charge in [-0.15, -0.1) is 0 Å². The second kappa shape index (κ2) is 14.0. The second-order valence-corrected chi connectivity index (χ2v) is 17.6. The van der Waals surface area contributed by atoms with Crippen LogP contribution >= 0.6 is 0 Å². The maximum absolute atomic E-state index is 2.54. The summed E-state index contributed by atoms with van der Waals surface area (Å²) in [6.45, 7) is 4.75. The number of rotatable bonds is 7. The highest BCUT2D eigenvalue weighted by Crippen LogP contribution is 2.58. The largest absolute Gasteiger partial charge is 0.309 e. The van der Waals surface area contributed by atoms with Crippen LogP contribution in [0.1, 0.15) is 63.9 Å². The van der Waals surface area contributed by atoms with Gasteiger partial charge in [0, 0.05) is 21.8 Å². The summed E-state index contributed by atoms with van der Waals surface area (Å²) in [6, 6.07) is 81.4. The van der Waals surface area contributed by atoms with E-state index in [0.29, 0.717) is 0 Å². The summed E-state index contributed by atoms with van der Waals surface area (Å²) in [7, 11) is 0. The fourth-order valence-corrected chi connectivity index (χ4v) is 11.2. The van der Waals surface area contributed by atoms with Crippen molar-refractivity contribution in [1.82, 2.24) is 4.57 Å². The van der Waals surface area contributed by atoms with E-state index >= 15 is 0 Å². The van der Waals surface area contributed by atoms with Crippen LogP contribution in [0.25, 0.3) is 61.4 Å². The molecule has 0 spiro atoms. The number of hydrogen-bond acceptors (Lipinski definition) is 0. The third-order valence-electron chi connectivity index (χ3n) is 13.9. The molecule has 9 aromatic carbocycles. The van der Waals surface area contributed by atoms with E-state index in [0.717, 1.165) is 6.42 Å². The van der Waals surface area contributed by atoms with E-state index in [4.69, 9.17) is 0 Å². The third-order valence-corrected chi connectivity index (χ3v) is 13.9. The lowest BCUT2D eigenvalue weighted by atomic mass is 9.67. The van der Waals surface area contributed by atoms with Gasteiger partial charge in [-0.2, -0.15) is 0 Å². The maximum Gasteiger partial charge on any atom is 0.0714 e. The van der Waals surface area contributed by atoms with E-state index in [9.17, 15) is 0 Å². The van der Waals surface area contributed by atoms with Crippen molar-refractivity contribution in [2.24, 2.45) is 0 Å². The quantitative estimate of drug-likeness (QED) is 0.142. The van der Waals surface area contributed by atoms with Crippen LogP contribution in [0.5, 0.6) is 0 Å². The number of fused-ring (bicyclic) bond motifs is 9. The molecule has 10 aromatic rings. The summed E-state index contributed by atoms with van der Waals surface area (Å²) < 4.78 is 2.50. The summed E-state index contributed by atoms with van der Waals surface area (Å²) in [5.74, 6) is 0. The fraction of sp³-hybridized carbons (Fsp3) is 0.0820. The molecule has 12 rings (SSSR count). The molecule has 0 aliphatic heterocycles. The minimum Gasteiger partial charge on any atom is -0.309 e. The molecule has 0 radical (unpaired) electrons. The van der Waals surface area contributed by atoms with Crippen LogP contribution in [0, 0.1) is 0 Å². The average Bonchev–Trinajstić information content (AvgIpc) is 3.91. The predicted molar refractivity (Wildman–Crippen MR) is 260 cm³/mol. The summed E-state index contributed by atoms with van der Waals surface area (Å²) in [5, 5.41) is 2.53. The summed E-state index contributed by atoms with van der Waals surface area (Å²) in [6.07, 6.45) is 3.19. The van der Waals surface area contributed by atoms with Crippen molar-refractivity contribution in [1.29, 1.82) is 0 Å². The molecule has 1 aromatic heterocycles. The van der Waals surface area contributed by atoms with Crippen molar-refractivity contribution in [3.8, 4) is 27.9 Å². The van der Waals surface area contributed by atoms with Gasteiger partial charge in [0.05, 0.1) is 22.1 Å². The Kier molecular flexibility index (Phi) is 8.24. The lowest BCUT2D eigenvalue weighted by molar-refractivity contribution is 0.660. The van der Waals surface area contributed by atoms with Gasteiger partial charge in [-0.1, -0.05) is 214 Å². The summed E-state index contributed by atoms with van der Waals surface area (Å²) in [4.78, 5) is 0. The van der Waals surface area contributed by atoms with E-state index in [1.54, 1.807) is 0 Å². The number of benzene rings is 9. The average molecular weight is 792 g/mol. The molecule has 0 amide bonds. The Hall–Kier alpha value is -7.48. The fourth-order valence-electron chi connectivity index (χ4n) is 11.2. The van der Waals surface area contributed by atoms with E-state index in [1.165, 1.54) is 105 Å². The van der Waals surface area contributed by atoms with Crippen molar-refractivity contribution in [2.45, 2.75) is 31.1 Å². The van der Waals surface area contributed by atoms with E-state index in [1.807, 2.05) is 0 Å².